The third-order valence-electron chi connectivity index (χ3n) is 4.00. The zero-order valence-electron chi connectivity index (χ0n) is 15.8. The van der Waals surface area contributed by atoms with Crippen LogP contribution in [-0.2, 0) is 19.4 Å². The molecule has 2 amide bonds. The molecule has 1 atom stereocenters. The van der Waals surface area contributed by atoms with E-state index < -0.39 is 26.9 Å². The number of pyridine rings is 1. The van der Waals surface area contributed by atoms with Crippen LogP contribution in [0.5, 0.6) is 0 Å². The molecule has 2 N–H and O–H groups in total. The topological polar surface area (TPSA) is 108 Å². The van der Waals surface area contributed by atoms with Crippen LogP contribution >= 0.6 is 0 Å². The summed E-state index contributed by atoms with van der Waals surface area (Å²) >= 11 is 0. The van der Waals surface area contributed by atoms with Crippen LogP contribution < -0.4 is 10.6 Å². The van der Waals surface area contributed by atoms with Gasteiger partial charge in [-0.2, -0.15) is 0 Å². The summed E-state index contributed by atoms with van der Waals surface area (Å²) < 4.78 is 26.2. The molecule has 150 valence electrons. The van der Waals surface area contributed by atoms with Crippen molar-refractivity contribution in [3.63, 3.8) is 0 Å². The number of carbonyl (C=O) groups excluding carboxylic acids is 2. The first-order chi connectivity index (χ1) is 13.3. The van der Waals surface area contributed by atoms with E-state index >= 15 is 0 Å². The first kappa shape index (κ1) is 21.5. The summed E-state index contributed by atoms with van der Waals surface area (Å²) in [5, 5.41) is 3.85. The average molecular weight is 404 g/mol. The number of sulfone groups is 1. The van der Waals surface area contributed by atoms with E-state index in [0.717, 1.165) is 0 Å². The standard InChI is InChI=1S/C19H24N4O4S/c1-23(2)12-11-21-18(24)19(25)22-14-17(15-7-6-10-20-13-15)28(26,27)16-8-4-3-5-9-16/h3-10,13,17H,11-12,14H2,1-2H3,(H,21,24)(H,22,25)/t17-/m0/s1. The molecule has 1 aromatic heterocycles. The molecule has 28 heavy (non-hydrogen) atoms. The Bertz CT molecular complexity index is 887. The van der Waals surface area contributed by atoms with Crippen molar-refractivity contribution in [2.75, 3.05) is 33.7 Å². The number of likely N-dealkylation sites (N-methyl/N-ethyl adjacent to an activating group) is 1. The highest BCUT2D eigenvalue weighted by atomic mass is 32.2. The van der Waals surface area contributed by atoms with Gasteiger partial charge in [0.25, 0.3) is 0 Å². The summed E-state index contributed by atoms with van der Waals surface area (Å²) in [7, 11) is -0.104. The lowest BCUT2D eigenvalue weighted by molar-refractivity contribution is -0.139. The molecular weight excluding hydrogens is 380 g/mol. The van der Waals surface area contributed by atoms with Gasteiger partial charge in [0.15, 0.2) is 9.84 Å². The summed E-state index contributed by atoms with van der Waals surface area (Å²) in [5.41, 5.74) is 0.430. The summed E-state index contributed by atoms with van der Waals surface area (Å²) in [4.78, 5) is 29.9. The number of aromatic nitrogens is 1. The molecule has 0 aliphatic heterocycles. The van der Waals surface area contributed by atoms with Crippen LogP contribution in [0.3, 0.4) is 0 Å². The van der Waals surface area contributed by atoms with E-state index in [-0.39, 0.29) is 11.4 Å². The molecule has 0 bridgehead atoms. The van der Waals surface area contributed by atoms with Gasteiger partial charge < -0.3 is 15.5 Å². The second kappa shape index (κ2) is 9.95. The van der Waals surface area contributed by atoms with Crippen LogP contribution in [0.25, 0.3) is 0 Å². The number of rotatable bonds is 8. The first-order valence-corrected chi connectivity index (χ1v) is 10.3. The van der Waals surface area contributed by atoms with Crippen molar-refractivity contribution in [3.05, 3.63) is 60.4 Å². The number of benzene rings is 1. The second-order valence-corrected chi connectivity index (χ2v) is 8.53. The van der Waals surface area contributed by atoms with E-state index in [1.807, 2.05) is 19.0 Å². The fraction of sp³-hybridized carbons (Fsp3) is 0.316. The highest BCUT2D eigenvalue weighted by Gasteiger charge is 2.30. The third-order valence-corrected chi connectivity index (χ3v) is 6.12. The maximum atomic E-state index is 13.1. The maximum Gasteiger partial charge on any atom is 0.309 e. The molecule has 8 nitrogen and oxygen atoms in total. The van der Waals surface area contributed by atoms with E-state index in [1.165, 1.54) is 24.5 Å². The quantitative estimate of drug-likeness (QED) is 0.616. The normalized spacial score (nSPS) is 12.4. The van der Waals surface area contributed by atoms with Crippen molar-refractivity contribution in [2.24, 2.45) is 0 Å². The van der Waals surface area contributed by atoms with Crippen LogP contribution in [0.2, 0.25) is 0 Å². The van der Waals surface area contributed by atoms with Crippen molar-refractivity contribution >= 4 is 21.7 Å². The molecular formula is C19H24N4O4S. The van der Waals surface area contributed by atoms with Crippen molar-refractivity contribution in [2.45, 2.75) is 10.1 Å². The van der Waals surface area contributed by atoms with Gasteiger partial charge in [-0.3, -0.25) is 14.6 Å². The van der Waals surface area contributed by atoms with Gasteiger partial charge in [0.2, 0.25) is 0 Å². The van der Waals surface area contributed by atoms with E-state index in [0.29, 0.717) is 18.7 Å². The number of nitrogens with zero attached hydrogens (tertiary/aromatic N) is 2. The third kappa shape index (κ3) is 5.86. The minimum Gasteiger partial charge on any atom is -0.347 e. The predicted octanol–water partition coefficient (Wildman–Crippen LogP) is 0.391. The van der Waals surface area contributed by atoms with Crippen molar-refractivity contribution in [1.29, 1.82) is 0 Å². The van der Waals surface area contributed by atoms with E-state index in [1.54, 1.807) is 30.3 Å². The molecule has 0 spiro atoms. The molecule has 1 heterocycles. The molecule has 0 aliphatic carbocycles. The average Bonchev–Trinajstić information content (AvgIpc) is 2.69. The number of carbonyl (C=O) groups is 2. The summed E-state index contributed by atoms with van der Waals surface area (Å²) in [5.74, 6) is -1.68. The van der Waals surface area contributed by atoms with Crippen molar-refractivity contribution in [1.82, 2.24) is 20.5 Å². The zero-order valence-corrected chi connectivity index (χ0v) is 16.6. The molecule has 0 aliphatic rings. The fourth-order valence-corrected chi connectivity index (χ4v) is 4.15. The molecule has 2 rings (SSSR count). The van der Waals surface area contributed by atoms with Gasteiger partial charge in [0, 0.05) is 32.0 Å². The first-order valence-electron chi connectivity index (χ1n) is 8.72. The molecule has 0 radical (unpaired) electrons. The molecule has 9 heteroatoms. The Hall–Kier alpha value is -2.78. The van der Waals surface area contributed by atoms with Gasteiger partial charge in [-0.15, -0.1) is 0 Å². The lowest BCUT2D eigenvalue weighted by Gasteiger charge is -2.18. The highest BCUT2D eigenvalue weighted by molar-refractivity contribution is 7.91. The Labute approximate surface area is 164 Å². The molecule has 0 saturated heterocycles. The van der Waals surface area contributed by atoms with Crippen molar-refractivity contribution < 1.29 is 18.0 Å². The Morgan fingerprint density at radius 3 is 2.32 bits per heavy atom. The number of hydrogen-bond donors (Lipinski definition) is 2. The van der Waals surface area contributed by atoms with Crippen LogP contribution in [0.1, 0.15) is 10.8 Å². The highest BCUT2D eigenvalue weighted by Crippen LogP contribution is 2.27. The van der Waals surface area contributed by atoms with Gasteiger partial charge >= 0.3 is 11.8 Å². The smallest absolute Gasteiger partial charge is 0.309 e. The fourth-order valence-electron chi connectivity index (χ4n) is 2.49. The van der Waals surface area contributed by atoms with E-state index in [4.69, 9.17) is 0 Å². The zero-order chi connectivity index (χ0) is 20.6. The number of nitrogens with one attached hydrogen (secondary N) is 2. The Morgan fingerprint density at radius 1 is 1.04 bits per heavy atom. The van der Waals surface area contributed by atoms with E-state index in [2.05, 4.69) is 15.6 Å². The molecule has 0 saturated carbocycles. The summed E-state index contributed by atoms with van der Waals surface area (Å²) in [6.45, 7) is 0.649. The van der Waals surface area contributed by atoms with Gasteiger partial charge in [-0.1, -0.05) is 24.3 Å². The monoisotopic (exact) mass is 404 g/mol. The van der Waals surface area contributed by atoms with Gasteiger partial charge in [0.05, 0.1) is 4.90 Å². The van der Waals surface area contributed by atoms with Crippen LogP contribution in [0, 0.1) is 0 Å². The van der Waals surface area contributed by atoms with Crippen LogP contribution in [-0.4, -0.2) is 63.8 Å². The predicted molar refractivity (Wildman–Crippen MR) is 105 cm³/mol. The SMILES string of the molecule is CN(C)CCNC(=O)C(=O)NC[C@@H](c1cccnc1)S(=O)(=O)c1ccccc1. The lowest BCUT2D eigenvalue weighted by Crippen LogP contribution is -2.43. The van der Waals surface area contributed by atoms with Crippen molar-refractivity contribution in [3.8, 4) is 0 Å². The summed E-state index contributed by atoms with van der Waals surface area (Å²) in [6.07, 6.45) is 2.97. The molecule has 0 fully saturated rings. The number of hydrogen-bond acceptors (Lipinski definition) is 6. The molecule has 0 unspecified atom stereocenters. The largest absolute Gasteiger partial charge is 0.347 e. The molecule has 1 aromatic carbocycles. The minimum atomic E-state index is -3.80. The second-order valence-electron chi connectivity index (χ2n) is 6.40. The van der Waals surface area contributed by atoms with Crippen LogP contribution in [0.4, 0.5) is 0 Å². The molecule has 2 aromatic rings. The van der Waals surface area contributed by atoms with Gasteiger partial charge in [-0.25, -0.2) is 8.42 Å². The van der Waals surface area contributed by atoms with E-state index in [9.17, 15) is 18.0 Å². The van der Waals surface area contributed by atoms with Gasteiger partial charge in [0.1, 0.15) is 5.25 Å². The minimum absolute atomic E-state index is 0.133. The Morgan fingerprint density at radius 2 is 1.71 bits per heavy atom. The maximum absolute atomic E-state index is 13.1. The lowest BCUT2D eigenvalue weighted by atomic mass is 10.2. The Balaban J connectivity index is 2.14. The summed E-state index contributed by atoms with van der Waals surface area (Å²) in [6, 6.07) is 11.2. The number of amides is 2. The van der Waals surface area contributed by atoms with Crippen LogP contribution in [0.15, 0.2) is 59.8 Å². The Kier molecular flexibility index (Phi) is 7.65. The van der Waals surface area contributed by atoms with Gasteiger partial charge in [-0.05, 0) is 37.9 Å².